The van der Waals surface area contributed by atoms with Gasteiger partial charge in [0.25, 0.3) is 5.91 Å². The number of nitriles is 1. The molecule has 1 amide bonds. The van der Waals surface area contributed by atoms with E-state index in [0.717, 1.165) is 5.76 Å². The Bertz CT molecular complexity index is 427. The highest BCUT2D eigenvalue weighted by molar-refractivity contribution is 5.97. The molecule has 0 atom stereocenters. The van der Waals surface area contributed by atoms with E-state index in [1.165, 1.54) is 6.20 Å². The molecule has 0 unspecified atom stereocenters. The van der Waals surface area contributed by atoms with E-state index in [4.69, 9.17) is 9.68 Å². The smallest absolute Gasteiger partial charge is 0.263 e. The van der Waals surface area contributed by atoms with Gasteiger partial charge in [0.1, 0.15) is 17.4 Å². The van der Waals surface area contributed by atoms with Gasteiger partial charge in [-0.2, -0.15) is 5.26 Å². The summed E-state index contributed by atoms with van der Waals surface area (Å²) in [6.07, 6.45) is 2.96. The SMILES string of the molecule is CC(C)NC(=O)/C(C#N)=C\NCc1ccco1. The van der Waals surface area contributed by atoms with Crippen molar-refractivity contribution in [2.45, 2.75) is 26.4 Å². The van der Waals surface area contributed by atoms with Gasteiger partial charge in [-0.3, -0.25) is 4.79 Å². The molecule has 1 heterocycles. The average molecular weight is 233 g/mol. The first-order valence-electron chi connectivity index (χ1n) is 5.30. The molecule has 0 spiro atoms. The minimum Gasteiger partial charge on any atom is -0.467 e. The molecule has 0 saturated heterocycles. The Morgan fingerprint density at radius 2 is 2.41 bits per heavy atom. The van der Waals surface area contributed by atoms with Crippen LogP contribution in [0.15, 0.2) is 34.6 Å². The van der Waals surface area contributed by atoms with E-state index in [2.05, 4.69) is 10.6 Å². The molecule has 1 aromatic heterocycles. The maximum atomic E-state index is 11.5. The topological polar surface area (TPSA) is 78.1 Å². The summed E-state index contributed by atoms with van der Waals surface area (Å²) in [4.78, 5) is 11.5. The van der Waals surface area contributed by atoms with Crippen molar-refractivity contribution in [1.29, 1.82) is 5.26 Å². The van der Waals surface area contributed by atoms with E-state index in [1.807, 2.05) is 19.9 Å². The van der Waals surface area contributed by atoms with Crippen LogP contribution in [0.4, 0.5) is 0 Å². The number of carbonyl (C=O) groups is 1. The van der Waals surface area contributed by atoms with Gasteiger partial charge in [-0.1, -0.05) is 0 Å². The van der Waals surface area contributed by atoms with E-state index in [0.29, 0.717) is 6.54 Å². The second-order valence-corrected chi connectivity index (χ2v) is 3.76. The van der Waals surface area contributed by atoms with Crippen LogP contribution >= 0.6 is 0 Å². The second-order valence-electron chi connectivity index (χ2n) is 3.76. The summed E-state index contributed by atoms with van der Waals surface area (Å²) in [5, 5.41) is 14.3. The fourth-order valence-corrected chi connectivity index (χ4v) is 1.16. The lowest BCUT2D eigenvalue weighted by molar-refractivity contribution is -0.117. The van der Waals surface area contributed by atoms with E-state index in [9.17, 15) is 4.79 Å². The summed E-state index contributed by atoms with van der Waals surface area (Å²) in [6, 6.07) is 5.43. The van der Waals surface area contributed by atoms with Crippen molar-refractivity contribution in [3.63, 3.8) is 0 Å². The van der Waals surface area contributed by atoms with Gasteiger partial charge in [0.2, 0.25) is 0 Å². The summed E-state index contributed by atoms with van der Waals surface area (Å²) in [7, 11) is 0. The van der Waals surface area contributed by atoms with Crippen LogP contribution in [0.5, 0.6) is 0 Å². The number of nitrogens with one attached hydrogen (secondary N) is 2. The van der Waals surface area contributed by atoms with E-state index in [1.54, 1.807) is 18.4 Å². The molecule has 0 aliphatic heterocycles. The highest BCUT2D eigenvalue weighted by atomic mass is 16.3. The molecule has 90 valence electrons. The van der Waals surface area contributed by atoms with Crippen LogP contribution < -0.4 is 10.6 Å². The molecule has 0 saturated carbocycles. The number of nitrogens with zero attached hydrogens (tertiary/aromatic N) is 1. The van der Waals surface area contributed by atoms with Crippen molar-refractivity contribution in [3.05, 3.63) is 35.9 Å². The fourth-order valence-electron chi connectivity index (χ4n) is 1.16. The third kappa shape index (κ3) is 4.43. The summed E-state index contributed by atoms with van der Waals surface area (Å²) in [5.41, 5.74) is 0.0465. The van der Waals surface area contributed by atoms with E-state index in [-0.39, 0.29) is 17.5 Å². The molecular weight excluding hydrogens is 218 g/mol. The number of furan rings is 1. The predicted molar refractivity (Wildman–Crippen MR) is 62.5 cm³/mol. The zero-order chi connectivity index (χ0) is 12.7. The maximum Gasteiger partial charge on any atom is 0.263 e. The normalized spacial score (nSPS) is 11.1. The first-order chi connectivity index (χ1) is 8.13. The number of rotatable bonds is 5. The first-order valence-corrected chi connectivity index (χ1v) is 5.30. The van der Waals surface area contributed by atoms with Crippen molar-refractivity contribution in [3.8, 4) is 6.07 Å². The molecule has 2 N–H and O–H groups in total. The number of hydrogen-bond acceptors (Lipinski definition) is 4. The van der Waals surface area contributed by atoms with Crippen molar-refractivity contribution in [2.75, 3.05) is 0 Å². The van der Waals surface area contributed by atoms with Gasteiger partial charge in [-0.25, -0.2) is 0 Å². The lowest BCUT2D eigenvalue weighted by Gasteiger charge is -2.07. The predicted octanol–water partition coefficient (Wildman–Crippen LogP) is 1.30. The number of amides is 1. The van der Waals surface area contributed by atoms with Crippen LogP contribution in [-0.2, 0) is 11.3 Å². The highest BCUT2D eigenvalue weighted by Crippen LogP contribution is 1.99. The van der Waals surface area contributed by atoms with Crippen LogP contribution in [0.1, 0.15) is 19.6 Å². The average Bonchev–Trinajstić information content (AvgIpc) is 2.76. The van der Waals surface area contributed by atoms with Gasteiger partial charge in [-0.05, 0) is 26.0 Å². The molecule has 1 aromatic rings. The fraction of sp³-hybridized carbons (Fsp3) is 0.333. The largest absolute Gasteiger partial charge is 0.467 e. The number of hydrogen-bond donors (Lipinski definition) is 2. The molecular formula is C12H15N3O2. The summed E-state index contributed by atoms with van der Waals surface area (Å²) in [6.45, 7) is 4.11. The molecule has 0 aliphatic carbocycles. The highest BCUT2D eigenvalue weighted by Gasteiger charge is 2.09. The minimum atomic E-state index is -0.380. The third-order valence-electron chi connectivity index (χ3n) is 1.89. The van der Waals surface area contributed by atoms with Gasteiger partial charge >= 0.3 is 0 Å². The summed E-state index contributed by atoms with van der Waals surface area (Å²) >= 11 is 0. The van der Waals surface area contributed by atoms with Crippen LogP contribution in [-0.4, -0.2) is 11.9 Å². The Kier molecular flexibility index (Phi) is 4.82. The standard InChI is InChI=1S/C12H15N3O2/c1-9(2)15-12(16)10(6-13)7-14-8-11-4-3-5-17-11/h3-5,7,9,14H,8H2,1-2H3,(H,15,16)/b10-7-. The Balaban J connectivity index is 2.50. The maximum absolute atomic E-state index is 11.5. The van der Waals surface area contributed by atoms with Gasteiger partial charge in [-0.15, -0.1) is 0 Å². The van der Waals surface area contributed by atoms with E-state index >= 15 is 0 Å². The van der Waals surface area contributed by atoms with E-state index < -0.39 is 0 Å². The van der Waals surface area contributed by atoms with Gasteiger partial charge in [0, 0.05) is 12.2 Å². The Morgan fingerprint density at radius 3 is 2.94 bits per heavy atom. The Hall–Kier alpha value is -2.22. The monoisotopic (exact) mass is 233 g/mol. The molecule has 0 radical (unpaired) electrons. The molecule has 0 aromatic carbocycles. The molecule has 1 rings (SSSR count). The molecule has 17 heavy (non-hydrogen) atoms. The first kappa shape index (κ1) is 12.8. The summed E-state index contributed by atoms with van der Waals surface area (Å²) < 4.78 is 5.10. The van der Waals surface area contributed by atoms with Gasteiger partial charge in [0.15, 0.2) is 0 Å². The molecule has 5 nitrogen and oxygen atoms in total. The quantitative estimate of drug-likeness (QED) is 0.593. The molecule has 0 aliphatic rings. The van der Waals surface area contributed by atoms with Crippen molar-refractivity contribution >= 4 is 5.91 Å². The van der Waals surface area contributed by atoms with Gasteiger partial charge < -0.3 is 15.1 Å². The Morgan fingerprint density at radius 1 is 1.65 bits per heavy atom. The van der Waals surface area contributed by atoms with Crippen molar-refractivity contribution in [1.82, 2.24) is 10.6 Å². The van der Waals surface area contributed by atoms with Gasteiger partial charge in [0.05, 0.1) is 12.8 Å². The van der Waals surface area contributed by atoms with Crippen LogP contribution in [0, 0.1) is 11.3 Å². The molecule has 5 heteroatoms. The second kappa shape index (κ2) is 6.38. The number of carbonyl (C=O) groups excluding carboxylic acids is 1. The van der Waals surface area contributed by atoms with Crippen LogP contribution in [0.2, 0.25) is 0 Å². The van der Waals surface area contributed by atoms with Crippen LogP contribution in [0.3, 0.4) is 0 Å². The molecule has 0 bridgehead atoms. The third-order valence-corrected chi connectivity index (χ3v) is 1.89. The molecule has 0 fully saturated rings. The lowest BCUT2D eigenvalue weighted by Crippen LogP contribution is -2.31. The van der Waals surface area contributed by atoms with Crippen LogP contribution in [0.25, 0.3) is 0 Å². The van der Waals surface area contributed by atoms with Crippen molar-refractivity contribution in [2.24, 2.45) is 0 Å². The zero-order valence-electron chi connectivity index (χ0n) is 9.86. The zero-order valence-corrected chi connectivity index (χ0v) is 9.86. The summed E-state index contributed by atoms with van der Waals surface area (Å²) in [5.74, 6) is 0.359. The minimum absolute atomic E-state index is 0.00400. The van der Waals surface area contributed by atoms with Crippen molar-refractivity contribution < 1.29 is 9.21 Å². The Labute approximate surface area is 100 Å². The lowest BCUT2D eigenvalue weighted by atomic mass is 10.2.